The molecule has 1 N–H and O–H groups in total. The van der Waals surface area contributed by atoms with E-state index in [1.165, 1.54) is 12.1 Å². The minimum Gasteiger partial charge on any atom is -0.367 e. The van der Waals surface area contributed by atoms with E-state index in [4.69, 9.17) is 4.52 Å². The number of benzene rings is 2. The Hall–Kier alpha value is -3.27. The molecule has 1 amide bonds. The highest BCUT2D eigenvalue weighted by atomic mass is 19.4. The number of hydrogen-bond donors (Lipinski definition) is 1. The van der Waals surface area contributed by atoms with E-state index in [9.17, 15) is 22.4 Å². The van der Waals surface area contributed by atoms with Crippen LogP contribution in [0.25, 0.3) is 11.4 Å². The smallest absolute Gasteiger partial charge is 0.367 e. The van der Waals surface area contributed by atoms with Crippen molar-refractivity contribution in [2.75, 3.05) is 6.61 Å². The van der Waals surface area contributed by atoms with Crippen molar-refractivity contribution in [1.82, 2.24) is 15.5 Å². The summed E-state index contributed by atoms with van der Waals surface area (Å²) in [5, 5.41) is 6.64. The molecule has 0 unspecified atom stereocenters. The summed E-state index contributed by atoms with van der Waals surface area (Å²) < 4.78 is 59.0. The number of ether oxygens (including phenoxy) is 1. The van der Waals surface area contributed by atoms with Crippen LogP contribution in [0.3, 0.4) is 0 Å². The Morgan fingerprint density at radius 2 is 1.72 bits per heavy atom. The van der Waals surface area contributed by atoms with Crippen LogP contribution in [0.1, 0.15) is 29.9 Å². The average Bonchev–Trinajstić information content (AvgIpc) is 3.22. The summed E-state index contributed by atoms with van der Waals surface area (Å²) in [6.45, 7) is -1.12. The van der Waals surface area contributed by atoms with Crippen molar-refractivity contribution in [3.8, 4) is 11.4 Å². The molecule has 32 heavy (non-hydrogen) atoms. The van der Waals surface area contributed by atoms with Gasteiger partial charge >= 0.3 is 6.18 Å². The number of carbonyl (C=O) groups excluding carboxylic acids is 1. The van der Waals surface area contributed by atoms with E-state index >= 15 is 0 Å². The van der Waals surface area contributed by atoms with Gasteiger partial charge in [0, 0.05) is 24.9 Å². The number of halogens is 4. The van der Waals surface area contributed by atoms with Crippen LogP contribution in [0.4, 0.5) is 17.6 Å². The lowest BCUT2D eigenvalue weighted by Crippen LogP contribution is -2.22. The van der Waals surface area contributed by atoms with Gasteiger partial charge in [-0.15, -0.1) is 0 Å². The fourth-order valence-corrected chi connectivity index (χ4v) is 2.80. The van der Waals surface area contributed by atoms with Crippen LogP contribution >= 0.6 is 0 Å². The Morgan fingerprint density at radius 1 is 1.03 bits per heavy atom. The SMILES string of the molecule is O=C(CCCc1nc(-c2ccc(F)cc2)no1)NCc1ccc(COCC(F)(F)F)cc1. The summed E-state index contributed by atoms with van der Waals surface area (Å²) in [4.78, 5) is 16.3. The van der Waals surface area contributed by atoms with Crippen LogP contribution in [-0.4, -0.2) is 28.8 Å². The van der Waals surface area contributed by atoms with Gasteiger partial charge in [-0.3, -0.25) is 4.79 Å². The van der Waals surface area contributed by atoms with Crippen molar-refractivity contribution in [2.24, 2.45) is 0 Å². The molecular formula is C22H21F4N3O3. The van der Waals surface area contributed by atoms with Crippen molar-refractivity contribution >= 4 is 5.91 Å². The van der Waals surface area contributed by atoms with Gasteiger partial charge in [0.1, 0.15) is 12.4 Å². The van der Waals surface area contributed by atoms with Crippen LogP contribution in [0, 0.1) is 5.82 Å². The van der Waals surface area contributed by atoms with Crippen molar-refractivity contribution in [2.45, 2.75) is 38.6 Å². The van der Waals surface area contributed by atoms with E-state index in [0.29, 0.717) is 42.2 Å². The molecule has 0 saturated carbocycles. The third kappa shape index (κ3) is 7.77. The van der Waals surface area contributed by atoms with Gasteiger partial charge in [-0.05, 0) is 41.8 Å². The Bertz CT molecular complexity index is 1000. The van der Waals surface area contributed by atoms with Crippen LogP contribution in [-0.2, 0) is 29.1 Å². The number of nitrogens with zero attached hydrogens (tertiary/aromatic N) is 2. The standard InChI is InChI=1S/C22H21F4N3O3/c23-18-10-8-17(9-11-18)21-28-20(32-29-21)3-1-2-19(30)27-12-15-4-6-16(7-5-15)13-31-14-22(24,25)26/h4-11H,1-3,12-14H2,(H,27,30). The molecule has 0 spiro atoms. The zero-order valence-electron chi connectivity index (χ0n) is 17.0. The molecule has 170 valence electrons. The highest BCUT2D eigenvalue weighted by Gasteiger charge is 2.27. The number of amides is 1. The average molecular weight is 451 g/mol. The number of alkyl halides is 3. The normalized spacial score (nSPS) is 11.5. The third-order valence-electron chi connectivity index (χ3n) is 4.41. The molecule has 1 aromatic heterocycles. The lowest BCUT2D eigenvalue weighted by atomic mass is 10.1. The number of aryl methyl sites for hydroxylation is 1. The monoisotopic (exact) mass is 451 g/mol. The predicted octanol–water partition coefficient (Wildman–Crippen LogP) is 4.59. The molecule has 2 aromatic carbocycles. The molecule has 0 atom stereocenters. The molecule has 0 saturated heterocycles. The number of nitrogens with one attached hydrogen (secondary N) is 1. The van der Waals surface area contributed by atoms with E-state index in [-0.39, 0.29) is 24.8 Å². The maximum atomic E-state index is 13.0. The minimum atomic E-state index is -4.35. The van der Waals surface area contributed by atoms with E-state index in [1.807, 2.05) is 0 Å². The summed E-state index contributed by atoms with van der Waals surface area (Å²) in [7, 11) is 0. The zero-order valence-corrected chi connectivity index (χ0v) is 17.0. The highest BCUT2D eigenvalue weighted by Crippen LogP contribution is 2.17. The number of rotatable bonds is 10. The van der Waals surface area contributed by atoms with Gasteiger partial charge in [0.25, 0.3) is 0 Å². The molecule has 0 aliphatic heterocycles. The van der Waals surface area contributed by atoms with Crippen LogP contribution < -0.4 is 5.32 Å². The zero-order chi connectivity index (χ0) is 23.0. The summed E-state index contributed by atoms with van der Waals surface area (Å²) in [6.07, 6.45) is -3.16. The lowest BCUT2D eigenvalue weighted by Gasteiger charge is -2.09. The molecule has 0 radical (unpaired) electrons. The quantitative estimate of drug-likeness (QED) is 0.456. The Labute approximate surface area is 181 Å². The first-order valence-electron chi connectivity index (χ1n) is 9.86. The number of carbonyl (C=O) groups is 1. The Balaban J connectivity index is 1.35. The molecular weight excluding hydrogens is 430 g/mol. The second-order valence-corrected chi connectivity index (χ2v) is 7.07. The molecule has 3 aromatic rings. The van der Waals surface area contributed by atoms with E-state index in [2.05, 4.69) is 20.2 Å². The first kappa shape index (κ1) is 23.4. The fourth-order valence-electron chi connectivity index (χ4n) is 2.80. The molecule has 0 fully saturated rings. The van der Waals surface area contributed by atoms with Crippen molar-refractivity contribution in [3.63, 3.8) is 0 Å². The summed E-state index contributed by atoms with van der Waals surface area (Å²) in [5.74, 6) is 0.243. The Morgan fingerprint density at radius 3 is 2.41 bits per heavy atom. The predicted molar refractivity (Wildman–Crippen MR) is 107 cm³/mol. The lowest BCUT2D eigenvalue weighted by molar-refractivity contribution is -0.176. The van der Waals surface area contributed by atoms with E-state index in [0.717, 1.165) is 5.56 Å². The summed E-state index contributed by atoms with van der Waals surface area (Å²) in [5.41, 5.74) is 2.07. The van der Waals surface area contributed by atoms with Gasteiger partial charge < -0.3 is 14.6 Å². The summed E-state index contributed by atoms with van der Waals surface area (Å²) in [6, 6.07) is 12.5. The molecule has 0 aliphatic rings. The second kappa shape index (κ2) is 10.9. The van der Waals surface area contributed by atoms with Crippen molar-refractivity contribution in [3.05, 3.63) is 71.4 Å². The maximum absolute atomic E-state index is 13.0. The maximum Gasteiger partial charge on any atom is 0.411 e. The molecule has 1 heterocycles. The van der Waals surface area contributed by atoms with Gasteiger partial charge in [0.05, 0.1) is 6.61 Å². The molecule has 3 rings (SSSR count). The summed E-state index contributed by atoms with van der Waals surface area (Å²) >= 11 is 0. The van der Waals surface area contributed by atoms with Crippen LogP contribution in [0.2, 0.25) is 0 Å². The van der Waals surface area contributed by atoms with Crippen LogP contribution in [0.15, 0.2) is 53.1 Å². The molecule has 10 heteroatoms. The molecule has 0 bridgehead atoms. The topological polar surface area (TPSA) is 77.2 Å². The van der Waals surface area contributed by atoms with Crippen molar-refractivity contribution in [1.29, 1.82) is 0 Å². The minimum absolute atomic E-state index is 0.134. The number of aromatic nitrogens is 2. The largest absolute Gasteiger partial charge is 0.411 e. The fraction of sp³-hybridized carbons (Fsp3) is 0.318. The molecule has 6 nitrogen and oxygen atoms in total. The van der Waals surface area contributed by atoms with E-state index in [1.54, 1.807) is 36.4 Å². The van der Waals surface area contributed by atoms with Gasteiger partial charge in [-0.1, -0.05) is 29.4 Å². The first-order valence-corrected chi connectivity index (χ1v) is 9.86. The third-order valence-corrected chi connectivity index (χ3v) is 4.41. The van der Waals surface area contributed by atoms with Gasteiger partial charge in [-0.25, -0.2) is 4.39 Å². The Kier molecular flexibility index (Phi) is 7.93. The van der Waals surface area contributed by atoms with Gasteiger partial charge in [0.15, 0.2) is 0 Å². The number of hydrogen-bond acceptors (Lipinski definition) is 5. The van der Waals surface area contributed by atoms with E-state index < -0.39 is 12.8 Å². The van der Waals surface area contributed by atoms with Gasteiger partial charge in [0.2, 0.25) is 17.6 Å². The first-order chi connectivity index (χ1) is 15.3. The van der Waals surface area contributed by atoms with Crippen molar-refractivity contribution < 1.29 is 31.6 Å². The van der Waals surface area contributed by atoms with Gasteiger partial charge in [-0.2, -0.15) is 18.2 Å². The highest BCUT2D eigenvalue weighted by molar-refractivity contribution is 5.75. The second-order valence-electron chi connectivity index (χ2n) is 7.07. The van der Waals surface area contributed by atoms with Crippen LogP contribution in [0.5, 0.6) is 0 Å². The molecule has 0 aliphatic carbocycles.